The van der Waals surface area contributed by atoms with Gasteiger partial charge in [-0.1, -0.05) is 0 Å². The van der Waals surface area contributed by atoms with E-state index in [9.17, 15) is 4.79 Å². The summed E-state index contributed by atoms with van der Waals surface area (Å²) in [4.78, 5) is 15.7. The monoisotopic (exact) mass is 253 g/mol. The van der Waals surface area contributed by atoms with Crippen LogP contribution in [0.25, 0.3) is 0 Å². The molecule has 6 nitrogen and oxygen atoms in total. The third-order valence-corrected chi connectivity index (χ3v) is 2.29. The summed E-state index contributed by atoms with van der Waals surface area (Å²) in [5.74, 6) is 0.358. The van der Waals surface area contributed by atoms with E-state index in [-0.39, 0.29) is 5.91 Å². The number of hydrogen-bond acceptors (Lipinski definition) is 5. The van der Waals surface area contributed by atoms with Gasteiger partial charge >= 0.3 is 0 Å². The van der Waals surface area contributed by atoms with Crippen molar-refractivity contribution in [1.82, 2.24) is 10.3 Å². The fraction of sp³-hybridized carbons (Fsp3) is 0.500. The van der Waals surface area contributed by atoms with Gasteiger partial charge < -0.3 is 20.5 Å². The van der Waals surface area contributed by atoms with E-state index in [0.717, 1.165) is 5.69 Å². The van der Waals surface area contributed by atoms with E-state index in [4.69, 9.17) is 15.2 Å². The fourth-order valence-electron chi connectivity index (χ4n) is 1.28. The van der Waals surface area contributed by atoms with E-state index in [1.807, 2.05) is 0 Å². The van der Waals surface area contributed by atoms with Crippen molar-refractivity contribution in [3.63, 3.8) is 0 Å². The highest BCUT2D eigenvalue weighted by atomic mass is 16.5. The van der Waals surface area contributed by atoms with Crippen molar-refractivity contribution in [3.8, 4) is 5.75 Å². The van der Waals surface area contributed by atoms with Gasteiger partial charge in [0.15, 0.2) is 6.10 Å². The Morgan fingerprint density at radius 3 is 2.89 bits per heavy atom. The number of aromatic nitrogens is 1. The molecule has 100 valence electrons. The van der Waals surface area contributed by atoms with Gasteiger partial charge in [-0.15, -0.1) is 0 Å². The van der Waals surface area contributed by atoms with Crippen LogP contribution in [0.3, 0.4) is 0 Å². The maximum atomic E-state index is 11.6. The number of methoxy groups -OCH3 is 1. The van der Waals surface area contributed by atoms with E-state index in [1.165, 1.54) is 0 Å². The summed E-state index contributed by atoms with van der Waals surface area (Å²) in [7, 11) is 1.58. The topological polar surface area (TPSA) is 86.5 Å². The number of carbonyl (C=O) groups is 1. The van der Waals surface area contributed by atoms with Crippen LogP contribution < -0.4 is 15.8 Å². The predicted molar refractivity (Wildman–Crippen MR) is 67.1 cm³/mol. The Kier molecular flexibility index (Phi) is 6.10. The van der Waals surface area contributed by atoms with Crippen LogP contribution in [0.15, 0.2) is 18.3 Å². The minimum Gasteiger partial charge on any atom is -0.479 e. The lowest BCUT2D eigenvalue weighted by molar-refractivity contribution is -0.127. The Labute approximate surface area is 106 Å². The first-order valence-corrected chi connectivity index (χ1v) is 5.75. The number of nitrogens with two attached hydrogens (primary N) is 1. The summed E-state index contributed by atoms with van der Waals surface area (Å²) in [6.45, 7) is 3.00. The van der Waals surface area contributed by atoms with E-state index in [1.54, 1.807) is 32.4 Å². The Morgan fingerprint density at radius 2 is 2.33 bits per heavy atom. The molecular weight excluding hydrogens is 234 g/mol. The predicted octanol–water partition coefficient (Wildman–Crippen LogP) is 0.0702. The Balaban J connectivity index is 2.42. The van der Waals surface area contributed by atoms with E-state index in [2.05, 4.69) is 10.3 Å². The summed E-state index contributed by atoms with van der Waals surface area (Å²) in [5, 5.41) is 2.70. The van der Waals surface area contributed by atoms with Crippen molar-refractivity contribution in [2.75, 3.05) is 20.3 Å². The molecule has 0 saturated heterocycles. The van der Waals surface area contributed by atoms with Gasteiger partial charge in [0.25, 0.3) is 5.91 Å². The van der Waals surface area contributed by atoms with Gasteiger partial charge in [-0.05, 0) is 19.1 Å². The molecule has 1 amide bonds. The Hall–Kier alpha value is -1.66. The molecule has 0 aliphatic rings. The zero-order chi connectivity index (χ0) is 13.4. The number of amides is 1. The number of nitrogens with zero attached hydrogens (tertiary/aromatic N) is 1. The third kappa shape index (κ3) is 4.68. The van der Waals surface area contributed by atoms with E-state index in [0.29, 0.717) is 25.4 Å². The van der Waals surface area contributed by atoms with Crippen LogP contribution in [0.1, 0.15) is 12.6 Å². The van der Waals surface area contributed by atoms with Crippen molar-refractivity contribution in [2.24, 2.45) is 5.73 Å². The first-order chi connectivity index (χ1) is 8.67. The van der Waals surface area contributed by atoms with Gasteiger partial charge in [-0.3, -0.25) is 9.78 Å². The second-order valence-corrected chi connectivity index (χ2v) is 3.73. The normalized spacial score (nSPS) is 11.9. The van der Waals surface area contributed by atoms with Crippen LogP contribution in [0.4, 0.5) is 0 Å². The second kappa shape index (κ2) is 7.62. The van der Waals surface area contributed by atoms with Crippen LogP contribution in [-0.2, 0) is 16.1 Å². The SMILES string of the molecule is COCCNC(=O)C(C)Oc1ccc(CN)nc1. The van der Waals surface area contributed by atoms with Gasteiger partial charge in [0.2, 0.25) is 0 Å². The molecule has 3 N–H and O–H groups in total. The molecule has 0 fully saturated rings. The molecule has 1 heterocycles. The number of rotatable bonds is 7. The molecular formula is C12H19N3O3. The van der Waals surface area contributed by atoms with Gasteiger partial charge in [0.05, 0.1) is 18.5 Å². The summed E-state index contributed by atoms with van der Waals surface area (Å²) >= 11 is 0. The van der Waals surface area contributed by atoms with Crippen molar-refractivity contribution in [3.05, 3.63) is 24.0 Å². The average Bonchev–Trinajstić information content (AvgIpc) is 2.39. The minimum absolute atomic E-state index is 0.185. The molecule has 1 rings (SSSR count). The number of carbonyl (C=O) groups excluding carboxylic acids is 1. The lowest BCUT2D eigenvalue weighted by Gasteiger charge is -2.14. The molecule has 1 atom stereocenters. The first kappa shape index (κ1) is 14.4. The lowest BCUT2D eigenvalue weighted by atomic mass is 10.3. The minimum atomic E-state index is -0.576. The zero-order valence-corrected chi connectivity index (χ0v) is 10.7. The highest BCUT2D eigenvalue weighted by Gasteiger charge is 2.13. The number of pyridine rings is 1. The summed E-state index contributed by atoms with van der Waals surface area (Å²) in [6, 6.07) is 3.51. The van der Waals surface area contributed by atoms with Gasteiger partial charge in [-0.2, -0.15) is 0 Å². The molecule has 6 heteroatoms. The highest BCUT2D eigenvalue weighted by Crippen LogP contribution is 2.11. The molecule has 0 aromatic carbocycles. The van der Waals surface area contributed by atoms with Crippen LogP contribution >= 0.6 is 0 Å². The average molecular weight is 253 g/mol. The molecule has 1 aromatic heterocycles. The molecule has 18 heavy (non-hydrogen) atoms. The molecule has 0 spiro atoms. The van der Waals surface area contributed by atoms with E-state index >= 15 is 0 Å². The zero-order valence-electron chi connectivity index (χ0n) is 10.7. The lowest BCUT2D eigenvalue weighted by Crippen LogP contribution is -2.37. The summed E-state index contributed by atoms with van der Waals surface area (Å²) < 4.78 is 10.3. The summed E-state index contributed by atoms with van der Waals surface area (Å²) in [5.41, 5.74) is 6.22. The second-order valence-electron chi connectivity index (χ2n) is 3.73. The van der Waals surface area contributed by atoms with Crippen molar-refractivity contribution >= 4 is 5.91 Å². The van der Waals surface area contributed by atoms with Crippen LogP contribution in [0.2, 0.25) is 0 Å². The Bertz CT molecular complexity index is 367. The number of ether oxygens (including phenoxy) is 2. The molecule has 0 bridgehead atoms. The largest absolute Gasteiger partial charge is 0.479 e. The number of hydrogen-bond donors (Lipinski definition) is 2. The molecule has 1 aromatic rings. The smallest absolute Gasteiger partial charge is 0.260 e. The van der Waals surface area contributed by atoms with Crippen molar-refractivity contribution in [2.45, 2.75) is 19.6 Å². The van der Waals surface area contributed by atoms with Crippen LogP contribution in [-0.4, -0.2) is 37.3 Å². The third-order valence-electron chi connectivity index (χ3n) is 2.29. The van der Waals surface area contributed by atoms with Gasteiger partial charge in [0.1, 0.15) is 5.75 Å². The van der Waals surface area contributed by atoms with E-state index < -0.39 is 6.10 Å². The van der Waals surface area contributed by atoms with Crippen LogP contribution in [0.5, 0.6) is 5.75 Å². The van der Waals surface area contributed by atoms with Crippen LogP contribution in [0, 0.1) is 0 Å². The Morgan fingerprint density at radius 1 is 1.56 bits per heavy atom. The highest BCUT2D eigenvalue weighted by molar-refractivity contribution is 5.80. The van der Waals surface area contributed by atoms with Crippen molar-refractivity contribution < 1.29 is 14.3 Å². The molecule has 0 radical (unpaired) electrons. The summed E-state index contributed by atoms with van der Waals surface area (Å²) in [6.07, 6.45) is 0.980. The first-order valence-electron chi connectivity index (χ1n) is 5.75. The molecule has 1 unspecified atom stereocenters. The quantitative estimate of drug-likeness (QED) is 0.672. The maximum absolute atomic E-state index is 11.6. The van der Waals surface area contributed by atoms with Gasteiger partial charge in [0, 0.05) is 20.2 Å². The fourth-order valence-corrected chi connectivity index (χ4v) is 1.28. The molecule has 0 saturated carbocycles. The molecule has 0 aliphatic carbocycles. The standard InChI is InChI=1S/C12H19N3O3/c1-9(12(16)14-5-6-17-2)18-11-4-3-10(7-13)15-8-11/h3-4,8-9H,5-7,13H2,1-2H3,(H,14,16). The van der Waals surface area contributed by atoms with Gasteiger partial charge in [-0.25, -0.2) is 0 Å². The van der Waals surface area contributed by atoms with Crippen molar-refractivity contribution in [1.29, 1.82) is 0 Å². The molecule has 0 aliphatic heterocycles. The maximum Gasteiger partial charge on any atom is 0.260 e. The number of nitrogens with one attached hydrogen (secondary N) is 1.